The molecule has 10 atom stereocenters. The fraction of sp³-hybridized carbons (Fsp3) is 0.960. The molecule has 3 heteroatoms. The number of carbonyl (C=O) groups is 1. The first-order valence-electron chi connectivity index (χ1n) is 12.1. The second kappa shape index (κ2) is 7.93. The maximum atomic E-state index is 11.6. The Kier molecular flexibility index (Phi) is 5.86. The van der Waals surface area contributed by atoms with Crippen LogP contribution in [0.15, 0.2) is 0 Å². The summed E-state index contributed by atoms with van der Waals surface area (Å²) in [6.45, 7) is 7.34. The number of fused-ring (bicyclic) bond motifs is 5. The molecule has 0 bridgehead atoms. The number of aliphatic hydroxyl groups excluding tert-OH is 1. The molecule has 4 fully saturated rings. The number of carbonyl (C=O) groups excluding carboxylic acids is 1. The van der Waals surface area contributed by atoms with Gasteiger partial charge in [-0.05, 0) is 104 Å². The van der Waals surface area contributed by atoms with Crippen molar-refractivity contribution in [2.75, 3.05) is 7.11 Å². The van der Waals surface area contributed by atoms with Crippen LogP contribution in [-0.2, 0) is 9.53 Å². The van der Waals surface area contributed by atoms with Gasteiger partial charge in [0.1, 0.15) is 0 Å². The molecule has 4 saturated carbocycles. The van der Waals surface area contributed by atoms with Gasteiger partial charge in [-0.2, -0.15) is 0 Å². The second-order valence-electron chi connectivity index (χ2n) is 11.3. The molecule has 0 saturated heterocycles. The molecule has 4 rings (SSSR count). The lowest BCUT2D eigenvalue weighted by molar-refractivity contribution is -0.151. The maximum absolute atomic E-state index is 11.6. The zero-order valence-corrected chi connectivity index (χ0v) is 18.5. The van der Waals surface area contributed by atoms with Crippen molar-refractivity contribution in [1.29, 1.82) is 0 Å². The Hall–Kier alpha value is -0.570. The Morgan fingerprint density at radius 1 is 1.14 bits per heavy atom. The first-order chi connectivity index (χ1) is 13.3. The summed E-state index contributed by atoms with van der Waals surface area (Å²) in [6, 6.07) is 0. The van der Waals surface area contributed by atoms with Crippen LogP contribution in [0.1, 0.15) is 85.0 Å². The largest absolute Gasteiger partial charge is 0.469 e. The molecule has 28 heavy (non-hydrogen) atoms. The Labute approximate surface area is 172 Å². The van der Waals surface area contributed by atoms with Crippen molar-refractivity contribution >= 4 is 5.97 Å². The molecular weight excluding hydrogens is 348 g/mol. The summed E-state index contributed by atoms with van der Waals surface area (Å²) in [5.74, 6) is 5.58. The number of hydrogen-bond acceptors (Lipinski definition) is 3. The van der Waals surface area contributed by atoms with E-state index < -0.39 is 0 Å². The van der Waals surface area contributed by atoms with Gasteiger partial charge in [-0.25, -0.2) is 0 Å². The lowest BCUT2D eigenvalue weighted by atomic mass is 9.45. The summed E-state index contributed by atoms with van der Waals surface area (Å²) in [7, 11) is 1.49. The summed E-state index contributed by atoms with van der Waals surface area (Å²) in [6.07, 6.45) is 11.8. The molecule has 0 spiro atoms. The molecule has 1 N–H and O–H groups in total. The van der Waals surface area contributed by atoms with E-state index in [2.05, 4.69) is 20.8 Å². The van der Waals surface area contributed by atoms with E-state index >= 15 is 0 Å². The van der Waals surface area contributed by atoms with Crippen LogP contribution in [0.5, 0.6) is 0 Å². The minimum absolute atomic E-state index is 0.0710. The summed E-state index contributed by atoms with van der Waals surface area (Å²) >= 11 is 0. The van der Waals surface area contributed by atoms with Crippen molar-refractivity contribution < 1.29 is 14.6 Å². The van der Waals surface area contributed by atoms with Gasteiger partial charge in [0.25, 0.3) is 0 Å². The fourth-order valence-corrected chi connectivity index (χ4v) is 8.53. The Morgan fingerprint density at radius 2 is 1.89 bits per heavy atom. The average Bonchev–Trinajstić information content (AvgIpc) is 3.11. The van der Waals surface area contributed by atoms with Crippen LogP contribution < -0.4 is 0 Å². The molecule has 0 radical (unpaired) electrons. The van der Waals surface area contributed by atoms with Gasteiger partial charge in [-0.1, -0.05) is 27.2 Å². The van der Waals surface area contributed by atoms with E-state index in [0.717, 1.165) is 48.3 Å². The van der Waals surface area contributed by atoms with Crippen molar-refractivity contribution in [2.24, 2.45) is 52.8 Å². The van der Waals surface area contributed by atoms with E-state index in [4.69, 9.17) is 4.74 Å². The Morgan fingerprint density at radius 3 is 2.64 bits per heavy atom. The minimum Gasteiger partial charge on any atom is -0.469 e. The molecule has 0 aromatic heterocycles. The predicted molar refractivity (Wildman–Crippen MR) is 112 cm³/mol. The van der Waals surface area contributed by atoms with Gasteiger partial charge >= 0.3 is 5.97 Å². The molecule has 4 aliphatic carbocycles. The molecule has 0 aromatic rings. The second-order valence-corrected chi connectivity index (χ2v) is 11.3. The highest BCUT2D eigenvalue weighted by atomic mass is 16.5. The summed E-state index contributed by atoms with van der Waals surface area (Å²) in [4.78, 5) is 11.6. The first-order valence-corrected chi connectivity index (χ1v) is 12.1. The first kappa shape index (κ1) is 20.7. The average molecular weight is 391 g/mol. The van der Waals surface area contributed by atoms with Crippen molar-refractivity contribution in [2.45, 2.75) is 91.1 Å². The van der Waals surface area contributed by atoms with Crippen LogP contribution in [0.2, 0.25) is 0 Å². The quantitative estimate of drug-likeness (QED) is 0.649. The van der Waals surface area contributed by atoms with Crippen LogP contribution >= 0.6 is 0 Å². The molecule has 0 aliphatic heterocycles. The molecule has 4 aliphatic rings. The van der Waals surface area contributed by atoms with Gasteiger partial charge in [0.2, 0.25) is 0 Å². The number of methoxy groups -OCH3 is 1. The van der Waals surface area contributed by atoms with E-state index in [1.165, 1.54) is 52.1 Å². The highest BCUT2D eigenvalue weighted by Crippen LogP contribution is 2.64. The molecule has 3 nitrogen and oxygen atoms in total. The van der Waals surface area contributed by atoms with Gasteiger partial charge in [0.15, 0.2) is 0 Å². The number of esters is 1. The standard InChI is InChI=1S/C25H42O3/c1-15-11-12-25(3)17(13-15)14-22(26)24-20-7-6-18(19(20)8-9-21(24)25)16(2)5-10-23(27)28-4/h15-22,24,26H,5-14H2,1-4H3/t15-,16-,17+,18-,19?,20-,21+,22+,24+,25+/m1/s1. The van der Waals surface area contributed by atoms with E-state index in [-0.39, 0.29) is 12.1 Å². The molecule has 1 unspecified atom stereocenters. The molecule has 0 amide bonds. The number of ether oxygens (including phenoxy) is 1. The van der Waals surface area contributed by atoms with E-state index in [1.54, 1.807) is 0 Å². The number of aliphatic hydroxyl groups is 1. The van der Waals surface area contributed by atoms with Crippen molar-refractivity contribution in [3.63, 3.8) is 0 Å². The third kappa shape index (κ3) is 3.44. The highest BCUT2D eigenvalue weighted by molar-refractivity contribution is 5.69. The third-order valence-electron chi connectivity index (χ3n) is 10.1. The smallest absolute Gasteiger partial charge is 0.305 e. The molecule has 0 heterocycles. The van der Waals surface area contributed by atoms with Gasteiger partial charge < -0.3 is 9.84 Å². The monoisotopic (exact) mass is 390 g/mol. The zero-order valence-electron chi connectivity index (χ0n) is 18.5. The normalized spacial score (nSPS) is 48.9. The predicted octanol–water partition coefficient (Wildman–Crippen LogP) is 5.45. The van der Waals surface area contributed by atoms with Crippen LogP contribution in [-0.4, -0.2) is 24.3 Å². The minimum atomic E-state index is -0.0784. The van der Waals surface area contributed by atoms with Gasteiger partial charge in [-0.15, -0.1) is 0 Å². The van der Waals surface area contributed by atoms with Gasteiger partial charge in [0, 0.05) is 6.42 Å². The highest BCUT2D eigenvalue weighted by Gasteiger charge is 2.59. The topological polar surface area (TPSA) is 46.5 Å². The Balaban J connectivity index is 1.47. The van der Waals surface area contributed by atoms with Gasteiger partial charge in [0.05, 0.1) is 13.2 Å². The lowest BCUT2D eigenvalue weighted by Gasteiger charge is -2.60. The maximum Gasteiger partial charge on any atom is 0.305 e. The van der Waals surface area contributed by atoms with Crippen molar-refractivity contribution in [3.8, 4) is 0 Å². The van der Waals surface area contributed by atoms with Crippen molar-refractivity contribution in [3.05, 3.63) is 0 Å². The molecular formula is C25H42O3. The van der Waals surface area contributed by atoms with Gasteiger partial charge in [-0.3, -0.25) is 4.79 Å². The van der Waals surface area contributed by atoms with Crippen molar-refractivity contribution in [1.82, 2.24) is 0 Å². The van der Waals surface area contributed by atoms with Crippen LogP contribution in [0, 0.1) is 52.8 Å². The van der Waals surface area contributed by atoms with E-state index in [1.807, 2.05) is 0 Å². The van der Waals surface area contributed by atoms with E-state index in [0.29, 0.717) is 23.7 Å². The number of hydrogen-bond donors (Lipinski definition) is 1. The molecule has 160 valence electrons. The summed E-state index contributed by atoms with van der Waals surface area (Å²) in [5, 5.41) is 11.3. The molecule has 0 aromatic carbocycles. The van der Waals surface area contributed by atoms with Crippen LogP contribution in [0.25, 0.3) is 0 Å². The fourth-order valence-electron chi connectivity index (χ4n) is 8.53. The lowest BCUT2D eigenvalue weighted by Crippen LogP contribution is -2.56. The van der Waals surface area contributed by atoms with Crippen LogP contribution in [0.3, 0.4) is 0 Å². The summed E-state index contributed by atoms with van der Waals surface area (Å²) in [5.41, 5.74) is 0.468. The Bertz CT molecular complexity index is 574. The van der Waals surface area contributed by atoms with E-state index in [9.17, 15) is 9.90 Å². The zero-order chi connectivity index (χ0) is 20.1. The summed E-state index contributed by atoms with van der Waals surface area (Å²) < 4.78 is 4.85. The third-order valence-corrected chi connectivity index (χ3v) is 10.1. The van der Waals surface area contributed by atoms with Crippen LogP contribution in [0.4, 0.5) is 0 Å². The number of rotatable bonds is 4. The SMILES string of the molecule is COC(=O)CC[C@@H](C)[C@H]1CC[C@@H]2C1CC[C@H]1[C@H]2[C@@H](O)C[C@@H]2C[C@H](C)CC[C@@]21C.